The van der Waals surface area contributed by atoms with Crippen molar-refractivity contribution in [3.63, 3.8) is 0 Å². The molecule has 2 atom stereocenters. The molecule has 2 aromatic rings. The number of hydrogen-bond acceptors (Lipinski definition) is 5. The first-order chi connectivity index (χ1) is 20.2. The number of hydrogen-bond donors (Lipinski definition) is 1. The molecule has 2 fully saturated rings. The molecule has 2 aliphatic heterocycles. The fourth-order valence-corrected chi connectivity index (χ4v) is 8.38. The SMILES string of the molecule is O=C(O)C1CCC(F)(C(=O)N2CC3Oc4cc(C(F)(C(F)(F)F)C(F)(F)F)ccc4C3(S(=O)(=O)c3ccc(F)cc3)C2)CC1. The summed E-state index contributed by atoms with van der Waals surface area (Å²) in [6.07, 6.45) is -16.0. The van der Waals surface area contributed by atoms with E-state index < -0.39 is 116 Å². The molecule has 0 radical (unpaired) electrons. The Morgan fingerprint density at radius 2 is 1.50 bits per heavy atom. The Kier molecular flexibility index (Phi) is 7.26. The van der Waals surface area contributed by atoms with Gasteiger partial charge in [-0.05, 0) is 56.0 Å². The lowest BCUT2D eigenvalue weighted by Crippen LogP contribution is -2.50. The predicted molar refractivity (Wildman–Crippen MR) is 131 cm³/mol. The van der Waals surface area contributed by atoms with Crippen molar-refractivity contribution in [2.75, 3.05) is 13.1 Å². The van der Waals surface area contributed by atoms with E-state index in [9.17, 15) is 58.2 Å². The average Bonchev–Trinajstić information content (AvgIpc) is 3.45. The Bertz CT molecular complexity index is 1590. The first-order valence-electron chi connectivity index (χ1n) is 13.0. The van der Waals surface area contributed by atoms with Gasteiger partial charge in [0.1, 0.15) is 17.7 Å². The zero-order valence-electron chi connectivity index (χ0n) is 22.2. The first kappa shape index (κ1) is 31.9. The third kappa shape index (κ3) is 4.52. The van der Waals surface area contributed by atoms with E-state index in [1.807, 2.05) is 0 Å². The summed E-state index contributed by atoms with van der Waals surface area (Å²) < 4.78 is 156. The van der Waals surface area contributed by atoms with Gasteiger partial charge in [-0.2, -0.15) is 26.3 Å². The van der Waals surface area contributed by atoms with Crippen LogP contribution in [-0.2, 0) is 29.8 Å². The fourth-order valence-electron chi connectivity index (χ4n) is 6.21. The molecule has 1 saturated carbocycles. The highest BCUT2D eigenvalue weighted by atomic mass is 32.2. The molecular weight excluding hydrogens is 637 g/mol. The van der Waals surface area contributed by atoms with Crippen LogP contribution in [-0.4, -0.2) is 67.5 Å². The number of amides is 1. The minimum Gasteiger partial charge on any atom is -0.486 e. The molecule has 1 N–H and O–H groups in total. The summed E-state index contributed by atoms with van der Waals surface area (Å²) in [5, 5.41) is 9.20. The monoisotopic (exact) mass is 659 g/mol. The topological polar surface area (TPSA) is 101 Å². The van der Waals surface area contributed by atoms with Crippen LogP contribution in [0.3, 0.4) is 0 Å². The predicted octanol–water partition coefficient (Wildman–Crippen LogP) is 5.37. The summed E-state index contributed by atoms with van der Waals surface area (Å²) >= 11 is 0. The lowest BCUT2D eigenvalue weighted by atomic mass is 9.79. The largest absolute Gasteiger partial charge is 0.486 e. The van der Waals surface area contributed by atoms with E-state index in [-0.39, 0.29) is 25.0 Å². The molecular formula is C27H22F9NO6S. The van der Waals surface area contributed by atoms with Crippen LogP contribution in [0.1, 0.15) is 36.8 Å². The molecule has 2 unspecified atom stereocenters. The molecule has 1 aliphatic carbocycles. The van der Waals surface area contributed by atoms with E-state index in [0.717, 1.165) is 29.2 Å². The van der Waals surface area contributed by atoms with Crippen LogP contribution in [0.5, 0.6) is 5.75 Å². The number of aliphatic carboxylic acids is 1. The second-order valence-electron chi connectivity index (χ2n) is 11.1. The van der Waals surface area contributed by atoms with Crippen molar-refractivity contribution < 1.29 is 67.4 Å². The van der Waals surface area contributed by atoms with Crippen molar-refractivity contribution in [2.45, 2.75) is 65.1 Å². The zero-order valence-corrected chi connectivity index (χ0v) is 23.0. The number of benzene rings is 2. The molecule has 44 heavy (non-hydrogen) atoms. The summed E-state index contributed by atoms with van der Waals surface area (Å²) in [7, 11) is -4.83. The molecule has 17 heteroatoms. The summed E-state index contributed by atoms with van der Waals surface area (Å²) in [6.45, 7) is -1.58. The molecule has 5 rings (SSSR count). The van der Waals surface area contributed by atoms with Crippen LogP contribution in [0.4, 0.5) is 39.5 Å². The summed E-state index contributed by atoms with van der Waals surface area (Å²) in [5.74, 6) is -4.97. The molecule has 0 spiro atoms. The number of nitrogens with zero attached hydrogens (tertiary/aromatic N) is 1. The fraction of sp³-hybridized carbons (Fsp3) is 0.481. The van der Waals surface area contributed by atoms with Gasteiger partial charge < -0.3 is 14.7 Å². The van der Waals surface area contributed by atoms with Gasteiger partial charge >= 0.3 is 24.0 Å². The van der Waals surface area contributed by atoms with Crippen molar-refractivity contribution in [3.05, 3.63) is 59.4 Å². The lowest BCUT2D eigenvalue weighted by Gasteiger charge is -2.35. The van der Waals surface area contributed by atoms with Gasteiger partial charge in [-0.15, -0.1) is 0 Å². The number of fused-ring (bicyclic) bond motifs is 3. The van der Waals surface area contributed by atoms with Gasteiger partial charge in [-0.3, -0.25) is 9.59 Å². The smallest absolute Gasteiger partial charge is 0.435 e. The van der Waals surface area contributed by atoms with Crippen LogP contribution in [0, 0.1) is 11.7 Å². The number of ether oxygens (including phenoxy) is 1. The van der Waals surface area contributed by atoms with Crippen LogP contribution >= 0.6 is 0 Å². The molecule has 240 valence electrons. The number of carbonyl (C=O) groups excluding carboxylic acids is 1. The standard InChI is InChI=1S/C27H22F9NO6S/c28-16-2-4-17(5-3-16)44(41,42)24-13-37(22(40)23(29)9-7-14(8-10-23)21(38)39)12-20(24)43-19-11-15(1-6-18(19)24)25(30,26(31,32)33)27(34,35)36/h1-6,11,14,20H,7-10,12-13H2,(H,38,39). The highest BCUT2D eigenvalue weighted by Gasteiger charge is 2.74. The van der Waals surface area contributed by atoms with Crippen molar-refractivity contribution >= 4 is 21.7 Å². The van der Waals surface area contributed by atoms with Crippen molar-refractivity contribution in [1.29, 1.82) is 0 Å². The molecule has 2 heterocycles. The Morgan fingerprint density at radius 1 is 0.932 bits per heavy atom. The van der Waals surface area contributed by atoms with Crippen molar-refractivity contribution in [1.82, 2.24) is 4.90 Å². The Balaban J connectivity index is 1.60. The molecule has 1 saturated heterocycles. The van der Waals surface area contributed by atoms with Crippen LogP contribution in [0.15, 0.2) is 47.4 Å². The second-order valence-corrected chi connectivity index (χ2v) is 13.3. The normalized spacial score (nSPS) is 27.4. The number of carbonyl (C=O) groups is 2. The highest BCUT2D eigenvalue weighted by molar-refractivity contribution is 7.92. The van der Waals surface area contributed by atoms with E-state index >= 15 is 4.39 Å². The quantitative estimate of drug-likeness (QED) is 0.343. The van der Waals surface area contributed by atoms with Crippen LogP contribution in [0.2, 0.25) is 0 Å². The molecule has 3 aliphatic rings. The third-order valence-electron chi connectivity index (χ3n) is 8.62. The summed E-state index contributed by atoms with van der Waals surface area (Å²) in [4.78, 5) is 24.9. The van der Waals surface area contributed by atoms with Crippen molar-refractivity contribution in [3.8, 4) is 5.75 Å². The van der Waals surface area contributed by atoms with Gasteiger partial charge in [0.15, 0.2) is 20.3 Å². The maximum atomic E-state index is 15.9. The molecule has 7 nitrogen and oxygen atoms in total. The van der Waals surface area contributed by atoms with E-state index in [4.69, 9.17) is 4.74 Å². The average molecular weight is 660 g/mol. The number of likely N-dealkylation sites (tertiary alicyclic amines) is 1. The van der Waals surface area contributed by atoms with E-state index in [1.54, 1.807) is 0 Å². The Hall–Kier alpha value is -3.50. The third-order valence-corrected chi connectivity index (χ3v) is 11.1. The molecule has 0 bridgehead atoms. The number of carboxylic acids is 1. The van der Waals surface area contributed by atoms with Gasteiger partial charge in [-0.25, -0.2) is 21.6 Å². The maximum absolute atomic E-state index is 15.9. The number of carboxylic acid groups (broad SMARTS) is 1. The summed E-state index contributed by atoms with van der Waals surface area (Å²) in [6, 6.07) is 3.97. The van der Waals surface area contributed by atoms with E-state index in [2.05, 4.69) is 0 Å². The van der Waals surface area contributed by atoms with Crippen molar-refractivity contribution in [2.24, 2.45) is 5.92 Å². The number of sulfone groups is 1. The molecule has 1 amide bonds. The van der Waals surface area contributed by atoms with Gasteiger partial charge in [0.2, 0.25) is 0 Å². The molecule has 0 aromatic heterocycles. The Labute approximate surface area is 243 Å². The maximum Gasteiger partial charge on any atom is 0.435 e. The zero-order chi connectivity index (χ0) is 32.7. The van der Waals surface area contributed by atoms with Gasteiger partial charge in [0.05, 0.1) is 17.4 Å². The highest BCUT2D eigenvalue weighted by Crippen LogP contribution is 2.58. The van der Waals surface area contributed by atoms with E-state index in [1.165, 1.54) is 0 Å². The second kappa shape index (κ2) is 10.0. The van der Waals surface area contributed by atoms with Crippen LogP contribution in [0.25, 0.3) is 0 Å². The minimum atomic E-state index is -6.47. The number of alkyl halides is 8. The summed E-state index contributed by atoms with van der Waals surface area (Å²) in [5.41, 5.74) is -10.9. The van der Waals surface area contributed by atoms with Crippen LogP contribution < -0.4 is 4.74 Å². The van der Waals surface area contributed by atoms with Gasteiger partial charge in [-0.1, -0.05) is 12.1 Å². The number of halogens is 9. The minimum absolute atomic E-state index is 0.0898. The van der Waals surface area contributed by atoms with Gasteiger partial charge in [0.25, 0.3) is 5.91 Å². The lowest BCUT2D eigenvalue weighted by molar-refractivity contribution is -0.348. The number of rotatable bonds is 5. The molecule has 2 aromatic carbocycles. The van der Waals surface area contributed by atoms with Gasteiger partial charge in [0, 0.05) is 17.7 Å². The Morgan fingerprint density at radius 3 is 2.02 bits per heavy atom. The van der Waals surface area contributed by atoms with E-state index in [0.29, 0.717) is 6.07 Å². The first-order valence-corrected chi connectivity index (χ1v) is 14.5.